The van der Waals surface area contributed by atoms with Gasteiger partial charge in [-0.25, -0.2) is 14.8 Å². The van der Waals surface area contributed by atoms with Crippen LogP contribution in [-0.2, 0) is 0 Å². The normalized spacial score (nSPS) is 10.5. The van der Waals surface area contributed by atoms with Gasteiger partial charge in [0.1, 0.15) is 0 Å². The van der Waals surface area contributed by atoms with Gasteiger partial charge in [0.2, 0.25) is 5.65 Å². The highest BCUT2D eigenvalue weighted by atomic mass is 16.5. The second-order valence-electron chi connectivity index (χ2n) is 2.30. The van der Waals surface area contributed by atoms with Crippen LogP contribution in [0.3, 0.4) is 0 Å². The minimum atomic E-state index is -0.932. The highest BCUT2D eigenvalue weighted by Gasteiger charge is 2.06. The number of H-pyrrole nitrogens is 1. The molecule has 2 rings (SSSR count). The van der Waals surface area contributed by atoms with Gasteiger partial charge in [-0.1, -0.05) is 0 Å². The van der Waals surface area contributed by atoms with Crippen molar-refractivity contribution in [2.45, 2.75) is 0 Å². The monoisotopic (exact) mass is 180 g/mol. The van der Waals surface area contributed by atoms with Crippen LogP contribution in [0.4, 0.5) is 0 Å². The molecule has 0 aliphatic rings. The summed E-state index contributed by atoms with van der Waals surface area (Å²) in [5.74, 6) is 0. The topological polar surface area (TPSA) is 101 Å². The van der Waals surface area contributed by atoms with Crippen molar-refractivity contribution in [3.63, 3.8) is 0 Å². The smallest absolute Gasteiger partial charge is 0.363 e. The number of aromatic nitrogens is 4. The molecule has 0 atom stereocenters. The zero-order valence-corrected chi connectivity index (χ0v) is 6.26. The van der Waals surface area contributed by atoms with E-state index in [1.165, 1.54) is 12.4 Å². The highest BCUT2D eigenvalue weighted by molar-refractivity contribution is 5.67. The molecule has 7 heteroatoms. The van der Waals surface area contributed by atoms with Gasteiger partial charge in [0.25, 0.3) is 5.56 Å². The first kappa shape index (κ1) is 7.47. The van der Waals surface area contributed by atoms with E-state index in [4.69, 9.17) is 5.21 Å². The standard InChI is InChI=1S/C6H4N4O3/c11-5-3-4(8-2-1-7-3)10(13)6(12)9-5/h1-2,13H,(H,9,11,12). The van der Waals surface area contributed by atoms with Crippen LogP contribution in [0.15, 0.2) is 22.0 Å². The predicted octanol–water partition coefficient (Wildman–Crippen LogP) is -1.28. The van der Waals surface area contributed by atoms with Crippen molar-refractivity contribution < 1.29 is 5.21 Å². The molecule has 0 saturated carbocycles. The van der Waals surface area contributed by atoms with Gasteiger partial charge in [-0.3, -0.25) is 9.78 Å². The summed E-state index contributed by atoms with van der Waals surface area (Å²) < 4.78 is 0.240. The summed E-state index contributed by atoms with van der Waals surface area (Å²) in [4.78, 5) is 31.1. The van der Waals surface area contributed by atoms with Crippen molar-refractivity contribution in [2.24, 2.45) is 0 Å². The molecule has 0 fully saturated rings. The van der Waals surface area contributed by atoms with Gasteiger partial charge in [0, 0.05) is 12.4 Å². The molecule has 0 aliphatic heterocycles. The van der Waals surface area contributed by atoms with Gasteiger partial charge in [-0.15, -0.1) is 4.73 Å². The van der Waals surface area contributed by atoms with Crippen molar-refractivity contribution >= 4 is 11.2 Å². The van der Waals surface area contributed by atoms with Crippen LogP contribution in [0.5, 0.6) is 0 Å². The maximum absolute atomic E-state index is 11.1. The Balaban J connectivity index is 3.15. The summed E-state index contributed by atoms with van der Waals surface area (Å²) in [7, 11) is 0. The third-order valence-electron chi connectivity index (χ3n) is 1.51. The van der Waals surface area contributed by atoms with Crippen LogP contribution >= 0.6 is 0 Å². The van der Waals surface area contributed by atoms with Gasteiger partial charge in [0.15, 0.2) is 5.52 Å². The number of aromatic amines is 1. The molecular formula is C6H4N4O3. The highest BCUT2D eigenvalue weighted by Crippen LogP contribution is 1.95. The number of nitrogens with one attached hydrogen (secondary N) is 1. The first-order chi connectivity index (χ1) is 6.20. The molecule has 0 spiro atoms. The van der Waals surface area contributed by atoms with E-state index in [1.54, 1.807) is 0 Å². The van der Waals surface area contributed by atoms with Gasteiger partial charge < -0.3 is 5.21 Å². The van der Waals surface area contributed by atoms with Crippen molar-refractivity contribution in [3.8, 4) is 0 Å². The Morgan fingerprint density at radius 3 is 2.77 bits per heavy atom. The molecule has 0 unspecified atom stereocenters. The van der Waals surface area contributed by atoms with Crippen LogP contribution in [0.2, 0.25) is 0 Å². The van der Waals surface area contributed by atoms with Gasteiger partial charge in [-0.2, -0.15) is 0 Å². The fraction of sp³-hybridized carbons (Fsp3) is 0. The lowest BCUT2D eigenvalue weighted by Gasteiger charge is -1.97. The van der Waals surface area contributed by atoms with Crippen molar-refractivity contribution in [1.82, 2.24) is 19.7 Å². The van der Waals surface area contributed by atoms with Crippen molar-refractivity contribution in [1.29, 1.82) is 0 Å². The van der Waals surface area contributed by atoms with Crippen molar-refractivity contribution in [3.05, 3.63) is 33.2 Å². The van der Waals surface area contributed by atoms with E-state index in [9.17, 15) is 9.59 Å². The molecule has 0 saturated heterocycles. The molecular weight excluding hydrogens is 176 g/mol. The summed E-state index contributed by atoms with van der Waals surface area (Å²) in [5, 5.41) is 9.11. The second kappa shape index (κ2) is 2.41. The van der Waals surface area contributed by atoms with Gasteiger partial charge in [-0.05, 0) is 0 Å². The molecule has 7 nitrogen and oxygen atoms in total. The van der Waals surface area contributed by atoms with E-state index in [0.717, 1.165) is 0 Å². The second-order valence-corrected chi connectivity index (χ2v) is 2.30. The van der Waals surface area contributed by atoms with Crippen LogP contribution in [-0.4, -0.2) is 24.9 Å². The lowest BCUT2D eigenvalue weighted by Crippen LogP contribution is -2.29. The van der Waals surface area contributed by atoms with E-state index in [2.05, 4.69) is 9.97 Å². The van der Waals surface area contributed by atoms with E-state index in [0.29, 0.717) is 0 Å². The zero-order chi connectivity index (χ0) is 9.42. The Morgan fingerprint density at radius 2 is 2.00 bits per heavy atom. The molecule has 2 heterocycles. The molecule has 13 heavy (non-hydrogen) atoms. The lowest BCUT2D eigenvalue weighted by atomic mass is 10.5. The third-order valence-corrected chi connectivity index (χ3v) is 1.51. The van der Waals surface area contributed by atoms with Crippen LogP contribution < -0.4 is 11.2 Å². The minimum Gasteiger partial charge on any atom is -0.422 e. The molecule has 0 radical (unpaired) electrons. The fourth-order valence-corrected chi connectivity index (χ4v) is 0.951. The zero-order valence-electron chi connectivity index (χ0n) is 6.26. The third kappa shape index (κ3) is 0.975. The first-order valence-electron chi connectivity index (χ1n) is 3.35. The van der Waals surface area contributed by atoms with E-state index >= 15 is 0 Å². The van der Waals surface area contributed by atoms with E-state index < -0.39 is 11.2 Å². The molecule has 2 N–H and O–H groups in total. The summed E-state index contributed by atoms with van der Waals surface area (Å²) >= 11 is 0. The summed E-state index contributed by atoms with van der Waals surface area (Å²) in [6, 6.07) is 0. The van der Waals surface area contributed by atoms with Crippen molar-refractivity contribution in [2.75, 3.05) is 0 Å². The first-order valence-corrected chi connectivity index (χ1v) is 3.35. The molecule has 2 aromatic heterocycles. The van der Waals surface area contributed by atoms with Gasteiger partial charge >= 0.3 is 5.69 Å². The predicted molar refractivity (Wildman–Crippen MR) is 41.6 cm³/mol. The Labute approximate surface area is 70.3 Å². The van der Waals surface area contributed by atoms with Crippen LogP contribution in [0, 0.1) is 0 Å². The maximum Gasteiger partial charge on any atom is 0.363 e. The number of rotatable bonds is 0. The number of fused-ring (bicyclic) bond motifs is 1. The molecule has 0 amide bonds. The van der Waals surface area contributed by atoms with Crippen LogP contribution in [0.25, 0.3) is 11.2 Å². The average Bonchev–Trinajstić information content (AvgIpc) is 2.15. The quantitative estimate of drug-likeness (QED) is 0.491. The maximum atomic E-state index is 11.1. The number of hydrogen-bond donors (Lipinski definition) is 2. The minimum absolute atomic E-state index is 0.0791. The SMILES string of the molecule is O=c1[nH]c(=O)n(O)c2nccnc12. The summed E-state index contributed by atoms with van der Waals surface area (Å²) in [6.45, 7) is 0. The Hall–Kier alpha value is -2.18. The molecule has 0 bridgehead atoms. The van der Waals surface area contributed by atoms with E-state index in [-0.39, 0.29) is 15.9 Å². The number of hydrogen-bond acceptors (Lipinski definition) is 5. The Bertz CT molecular complexity index is 570. The Kier molecular flexibility index (Phi) is 1.38. The molecule has 66 valence electrons. The number of nitrogens with zero attached hydrogens (tertiary/aromatic N) is 3. The van der Waals surface area contributed by atoms with Crippen LogP contribution in [0.1, 0.15) is 0 Å². The Morgan fingerprint density at radius 1 is 1.31 bits per heavy atom. The fourth-order valence-electron chi connectivity index (χ4n) is 0.951. The molecule has 2 aromatic rings. The summed E-state index contributed by atoms with van der Waals surface area (Å²) in [6.07, 6.45) is 2.57. The summed E-state index contributed by atoms with van der Waals surface area (Å²) in [5.41, 5.74) is -1.84. The molecule has 0 aromatic carbocycles. The average molecular weight is 180 g/mol. The van der Waals surface area contributed by atoms with E-state index in [1.807, 2.05) is 4.98 Å². The largest absolute Gasteiger partial charge is 0.422 e. The molecule has 0 aliphatic carbocycles. The van der Waals surface area contributed by atoms with Gasteiger partial charge in [0.05, 0.1) is 0 Å². The lowest BCUT2D eigenvalue weighted by molar-refractivity contribution is 0.181.